The van der Waals surface area contributed by atoms with Gasteiger partial charge in [-0.3, -0.25) is 4.79 Å². The number of carboxylic acids is 1. The van der Waals surface area contributed by atoms with Crippen LogP contribution in [-0.2, 0) is 4.79 Å². The molecule has 0 atom stereocenters. The lowest BCUT2D eigenvalue weighted by atomic mass is 9.81. The summed E-state index contributed by atoms with van der Waals surface area (Å²) in [5.74, 6) is 6.65. The van der Waals surface area contributed by atoms with Gasteiger partial charge in [0.05, 0.1) is 10.6 Å². The van der Waals surface area contributed by atoms with Crippen LogP contribution in [0.15, 0.2) is 24.4 Å². The van der Waals surface area contributed by atoms with Crippen molar-refractivity contribution in [3.8, 4) is 17.7 Å². The maximum atomic E-state index is 14.1. The molecule has 204 valence electrons. The molecule has 7 heteroatoms. The molecule has 2 aliphatic carbocycles. The predicted octanol–water partition coefficient (Wildman–Crippen LogP) is 7.10. The molecule has 0 unspecified atom stereocenters. The van der Waals surface area contributed by atoms with Crippen molar-refractivity contribution in [2.75, 3.05) is 4.90 Å². The Labute approximate surface area is 230 Å². The second-order valence-electron chi connectivity index (χ2n) is 12.0. The first-order chi connectivity index (χ1) is 18.0. The van der Waals surface area contributed by atoms with E-state index in [4.69, 9.17) is 4.74 Å². The Balaban J connectivity index is 1.61. The molecule has 2 aromatic heterocycles. The molecule has 0 spiro atoms. The number of aryl methyl sites for hydroxylation is 1. The van der Waals surface area contributed by atoms with Gasteiger partial charge in [-0.2, -0.15) is 0 Å². The Morgan fingerprint density at radius 3 is 2.39 bits per heavy atom. The fourth-order valence-electron chi connectivity index (χ4n) is 5.40. The minimum absolute atomic E-state index is 0.0296. The zero-order valence-corrected chi connectivity index (χ0v) is 24.1. The minimum Gasteiger partial charge on any atom is -0.477 e. The van der Waals surface area contributed by atoms with E-state index < -0.39 is 5.97 Å². The quantitative estimate of drug-likeness (QED) is 0.399. The smallest absolute Gasteiger partial charge is 0.348 e. The molecule has 2 aromatic rings. The number of carboxylic acid groups (broad SMARTS) is 1. The number of ether oxygens (including phenoxy) is 1. The number of carbonyl (C=O) groups is 2. The van der Waals surface area contributed by atoms with Crippen LogP contribution in [0.3, 0.4) is 0 Å². The molecule has 1 N–H and O–H groups in total. The van der Waals surface area contributed by atoms with Crippen LogP contribution in [0.1, 0.15) is 99.2 Å². The Bertz CT molecular complexity index is 1200. The maximum absolute atomic E-state index is 14.1. The van der Waals surface area contributed by atoms with Gasteiger partial charge in [-0.05, 0) is 97.1 Å². The van der Waals surface area contributed by atoms with Crippen LogP contribution in [0.4, 0.5) is 5.69 Å². The van der Waals surface area contributed by atoms with E-state index in [9.17, 15) is 14.7 Å². The number of aromatic carboxylic acids is 1. The number of hydrogen-bond donors (Lipinski definition) is 1. The lowest BCUT2D eigenvalue weighted by Gasteiger charge is -2.39. The Hall–Kier alpha value is -2.85. The monoisotopic (exact) mass is 536 g/mol. The van der Waals surface area contributed by atoms with Crippen LogP contribution in [0, 0.1) is 36.0 Å². The molecule has 0 aliphatic heterocycles. The fourth-order valence-corrected chi connectivity index (χ4v) is 6.24. The number of carbonyl (C=O) groups excluding carboxylic acids is 1. The third-order valence-corrected chi connectivity index (χ3v) is 8.61. The summed E-state index contributed by atoms with van der Waals surface area (Å²) in [5.41, 5.74) is 1.31. The second-order valence-corrected chi connectivity index (χ2v) is 13.0. The number of anilines is 1. The first-order valence-corrected chi connectivity index (χ1v) is 14.6. The minimum atomic E-state index is -1.01. The molecule has 4 rings (SSSR count). The SMILES string of the molecule is Cc1cccnc1OC1CCC(N(c2cc(C#CC(C)(C)C)sc2C(=O)O)C(=O)[C@H]2CC[C@H](C)CC2)CC1. The summed E-state index contributed by atoms with van der Waals surface area (Å²) in [4.78, 5) is 33.5. The molecule has 0 saturated heterocycles. The van der Waals surface area contributed by atoms with Crippen molar-refractivity contribution in [1.29, 1.82) is 0 Å². The first kappa shape index (κ1) is 28.2. The molecular weight excluding hydrogens is 496 g/mol. The third-order valence-electron chi connectivity index (χ3n) is 7.58. The van der Waals surface area contributed by atoms with Gasteiger partial charge in [0.25, 0.3) is 0 Å². The van der Waals surface area contributed by atoms with Crippen molar-refractivity contribution in [2.24, 2.45) is 17.3 Å². The normalized spacial score (nSPS) is 23.7. The molecule has 0 aromatic carbocycles. The Kier molecular flexibility index (Phi) is 8.82. The summed E-state index contributed by atoms with van der Waals surface area (Å²) in [6, 6.07) is 5.65. The van der Waals surface area contributed by atoms with Crippen molar-refractivity contribution in [1.82, 2.24) is 4.98 Å². The van der Waals surface area contributed by atoms with E-state index in [2.05, 4.69) is 23.7 Å². The Morgan fingerprint density at radius 1 is 1.11 bits per heavy atom. The van der Waals surface area contributed by atoms with Crippen molar-refractivity contribution < 1.29 is 19.4 Å². The summed E-state index contributed by atoms with van der Waals surface area (Å²) < 4.78 is 6.21. The summed E-state index contributed by atoms with van der Waals surface area (Å²) in [6.07, 6.45) is 8.63. The summed E-state index contributed by atoms with van der Waals surface area (Å²) in [7, 11) is 0. The molecule has 0 radical (unpaired) electrons. The van der Waals surface area contributed by atoms with E-state index in [0.29, 0.717) is 22.4 Å². The summed E-state index contributed by atoms with van der Waals surface area (Å²) in [6.45, 7) is 10.3. The van der Waals surface area contributed by atoms with E-state index in [1.165, 1.54) is 11.3 Å². The van der Waals surface area contributed by atoms with E-state index in [0.717, 1.165) is 56.9 Å². The van der Waals surface area contributed by atoms with Gasteiger partial charge < -0.3 is 14.7 Å². The largest absolute Gasteiger partial charge is 0.477 e. The highest BCUT2D eigenvalue weighted by Crippen LogP contribution is 2.39. The standard InChI is InChI=1S/C31H40N2O4S/c1-20-8-10-22(11-9-20)29(34)33(26-19-25(16-17-31(3,4)5)38-27(26)30(35)36)23-12-14-24(15-13-23)37-28-21(2)7-6-18-32-28/h6-7,18-20,22-24H,8-15H2,1-5H3,(H,35,36)/t20-,22-,23?,24?. The lowest BCUT2D eigenvalue weighted by molar-refractivity contribution is -0.124. The number of nitrogens with zero attached hydrogens (tertiary/aromatic N) is 2. The van der Waals surface area contributed by atoms with Crippen molar-refractivity contribution in [2.45, 2.75) is 98.1 Å². The van der Waals surface area contributed by atoms with Gasteiger partial charge in [-0.25, -0.2) is 9.78 Å². The average Bonchev–Trinajstić information content (AvgIpc) is 3.29. The molecule has 6 nitrogen and oxygen atoms in total. The molecule has 1 amide bonds. The maximum Gasteiger partial charge on any atom is 0.348 e. The highest BCUT2D eigenvalue weighted by atomic mass is 32.1. The average molecular weight is 537 g/mol. The summed E-state index contributed by atoms with van der Waals surface area (Å²) >= 11 is 1.17. The van der Waals surface area contributed by atoms with E-state index in [1.54, 1.807) is 6.20 Å². The molecule has 2 saturated carbocycles. The Morgan fingerprint density at radius 2 is 1.79 bits per heavy atom. The highest BCUT2D eigenvalue weighted by Gasteiger charge is 2.38. The molecular formula is C31H40N2O4S. The van der Waals surface area contributed by atoms with Gasteiger partial charge >= 0.3 is 5.97 Å². The van der Waals surface area contributed by atoms with Gasteiger partial charge in [0.15, 0.2) is 0 Å². The number of rotatable bonds is 6. The van der Waals surface area contributed by atoms with Crippen LogP contribution in [-0.4, -0.2) is 34.1 Å². The topological polar surface area (TPSA) is 79.7 Å². The molecule has 2 aliphatic rings. The van der Waals surface area contributed by atoms with Gasteiger partial charge in [-0.15, -0.1) is 11.3 Å². The first-order valence-electron chi connectivity index (χ1n) is 13.8. The van der Waals surface area contributed by atoms with E-state index in [1.807, 2.05) is 50.8 Å². The number of pyridine rings is 1. The lowest BCUT2D eigenvalue weighted by Crippen LogP contribution is -2.47. The highest BCUT2D eigenvalue weighted by molar-refractivity contribution is 7.15. The van der Waals surface area contributed by atoms with Gasteiger partial charge in [0, 0.05) is 29.1 Å². The van der Waals surface area contributed by atoms with E-state index in [-0.39, 0.29) is 34.3 Å². The second kappa shape index (κ2) is 11.9. The molecule has 0 bridgehead atoms. The number of hydrogen-bond acceptors (Lipinski definition) is 5. The van der Waals surface area contributed by atoms with Crippen molar-refractivity contribution >= 4 is 28.9 Å². The fraction of sp³-hybridized carbons (Fsp3) is 0.581. The predicted molar refractivity (Wildman–Crippen MR) is 152 cm³/mol. The zero-order chi connectivity index (χ0) is 27.4. The third kappa shape index (κ3) is 6.96. The number of aromatic nitrogens is 1. The van der Waals surface area contributed by atoms with Crippen LogP contribution < -0.4 is 9.64 Å². The van der Waals surface area contributed by atoms with Gasteiger partial charge in [-0.1, -0.05) is 24.8 Å². The zero-order valence-electron chi connectivity index (χ0n) is 23.3. The van der Waals surface area contributed by atoms with Crippen molar-refractivity contribution in [3.63, 3.8) is 0 Å². The van der Waals surface area contributed by atoms with Crippen molar-refractivity contribution in [3.05, 3.63) is 39.7 Å². The summed E-state index contributed by atoms with van der Waals surface area (Å²) in [5, 5.41) is 10.1. The van der Waals surface area contributed by atoms with Crippen LogP contribution in [0.2, 0.25) is 0 Å². The molecule has 2 fully saturated rings. The molecule has 38 heavy (non-hydrogen) atoms. The number of thiophene rings is 1. The van der Waals surface area contributed by atoms with Crippen LogP contribution in [0.5, 0.6) is 5.88 Å². The van der Waals surface area contributed by atoms with Gasteiger partial charge in [0.1, 0.15) is 11.0 Å². The van der Waals surface area contributed by atoms with Crippen LogP contribution in [0.25, 0.3) is 0 Å². The molecule has 2 heterocycles. The van der Waals surface area contributed by atoms with Crippen LogP contribution >= 0.6 is 11.3 Å². The van der Waals surface area contributed by atoms with E-state index >= 15 is 0 Å². The van der Waals surface area contributed by atoms with Gasteiger partial charge in [0.2, 0.25) is 11.8 Å². The number of amides is 1.